The minimum Gasteiger partial charge on any atom is -0.308 e. The molecule has 5 heteroatoms. The molecule has 1 N–H and O–H groups in total. The standard InChI is InChI=1S/C13H15FN4/c1-8-7-10(14)3-4-11(8)13-17-16-12-9(2)15-5-6-18(12)13/h3-4,7,9,15H,5-6H2,1-2H3. The van der Waals surface area contributed by atoms with E-state index in [0.717, 1.165) is 35.9 Å². The molecule has 0 spiro atoms. The largest absolute Gasteiger partial charge is 0.308 e. The number of hydrogen-bond acceptors (Lipinski definition) is 3. The molecule has 1 aromatic carbocycles. The Kier molecular flexibility index (Phi) is 2.63. The number of aryl methyl sites for hydroxylation is 1. The first-order valence-corrected chi connectivity index (χ1v) is 6.10. The normalized spacial score (nSPS) is 18.7. The maximum Gasteiger partial charge on any atom is 0.164 e. The SMILES string of the molecule is Cc1cc(F)ccc1-c1nnc2n1CCNC2C. The highest BCUT2D eigenvalue weighted by Crippen LogP contribution is 2.26. The van der Waals surface area contributed by atoms with Crippen LogP contribution in [-0.4, -0.2) is 21.3 Å². The minimum atomic E-state index is -0.218. The lowest BCUT2D eigenvalue weighted by Gasteiger charge is -2.22. The highest BCUT2D eigenvalue weighted by molar-refractivity contribution is 5.60. The molecule has 18 heavy (non-hydrogen) atoms. The van der Waals surface area contributed by atoms with Crippen molar-refractivity contribution in [3.63, 3.8) is 0 Å². The van der Waals surface area contributed by atoms with E-state index in [9.17, 15) is 4.39 Å². The predicted molar refractivity (Wildman–Crippen MR) is 66.6 cm³/mol. The van der Waals surface area contributed by atoms with Gasteiger partial charge in [0.25, 0.3) is 0 Å². The molecule has 4 nitrogen and oxygen atoms in total. The Bertz CT molecular complexity index is 591. The molecule has 3 rings (SSSR count). The first-order chi connectivity index (χ1) is 8.66. The molecule has 0 amide bonds. The van der Waals surface area contributed by atoms with Gasteiger partial charge in [-0.2, -0.15) is 0 Å². The van der Waals surface area contributed by atoms with Crippen molar-refractivity contribution in [3.8, 4) is 11.4 Å². The van der Waals surface area contributed by atoms with E-state index in [2.05, 4.69) is 27.0 Å². The summed E-state index contributed by atoms with van der Waals surface area (Å²) in [5.74, 6) is 1.56. The molecule has 0 aliphatic carbocycles. The zero-order valence-electron chi connectivity index (χ0n) is 10.4. The van der Waals surface area contributed by atoms with E-state index < -0.39 is 0 Å². The van der Waals surface area contributed by atoms with Gasteiger partial charge in [-0.3, -0.25) is 0 Å². The smallest absolute Gasteiger partial charge is 0.164 e. The van der Waals surface area contributed by atoms with E-state index >= 15 is 0 Å². The summed E-state index contributed by atoms with van der Waals surface area (Å²) in [5.41, 5.74) is 1.83. The molecule has 94 valence electrons. The zero-order chi connectivity index (χ0) is 12.7. The molecule has 1 aliphatic heterocycles. The Labute approximate surface area is 105 Å². The van der Waals surface area contributed by atoms with Gasteiger partial charge in [0.1, 0.15) is 11.6 Å². The molecule has 0 bridgehead atoms. The summed E-state index contributed by atoms with van der Waals surface area (Å²) in [7, 11) is 0. The van der Waals surface area contributed by atoms with Crippen LogP contribution in [0, 0.1) is 12.7 Å². The number of nitrogens with zero attached hydrogens (tertiary/aromatic N) is 3. The molecule has 2 aromatic rings. The predicted octanol–water partition coefficient (Wildman–Crippen LogP) is 2.06. The van der Waals surface area contributed by atoms with Crippen LogP contribution < -0.4 is 5.32 Å². The second kappa shape index (κ2) is 4.17. The van der Waals surface area contributed by atoms with Crippen molar-refractivity contribution in [2.24, 2.45) is 0 Å². The topological polar surface area (TPSA) is 42.7 Å². The van der Waals surface area contributed by atoms with Gasteiger partial charge in [-0.15, -0.1) is 10.2 Å². The van der Waals surface area contributed by atoms with Crippen molar-refractivity contribution in [1.82, 2.24) is 20.1 Å². The third kappa shape index (κ3) is 1.71. The first-order valence-electron chi connectivity index (χ1n) is 6.10. The number of hydrogen-bond donors (Lipinski definition) is 1. The van der Waals surface area contributed by atoms with Gasteiger partial charge in [0.05, 0.1) is 6.04 Å². The Morgan fingerprint density at radius 3 is 3.00 bits per heavy atom. The molecular weight excluding hydrogens is 231 g/mol. The number of aromatic nitrogens is 3. The Balaban J connectivity index is 2.12. The van der Waals surface area contributed by atoms with Crippen LogP contribution in [0.2, 0.25) is 0 Å². The molecule has 0 radical (unpaired) electrons. The van der Waals surface area contributed by atoms with Crippen molar-refractivity contribution in [2.75, 3.05) is 6.54 Å². The Morgan fingerprint density at radius 1 is 1.39 bits per heavy atom. The van der Waals surface area contributed by atoms with E-state index in [0.29, 0.717) is 0 Å². The molecule has 0 fully saturated rings. The number of fused-ring (bicyclic) bond motifs is 1. The van der Waals surface area contributed by atoms with Crippen molar-refractivity contribution < 1.29 is 4.39 Å². The van der Waals surface area contributed by atoms with Gasteiger partial charge < -0.3 is 9.88 Å². The maximum absolute atomic E-state index is 13.1. The lowest BCUT2D eigenvalue weighted by molar-refractivity contribution is 0.439. The van der Waals surface area contributed by atoms with Crippen molar-refractivity contribution in [3.05, 3.63) is 35.4 Å². The average molecular weight is 246 g/mol. The van der Waals surface area contributed by atoms with Crippen LogP contribution in [-0.2, 0) is 6.54 Å². The highest BCUT2D eigenvalue weighted by Gasteiger charge is 2.22. The molecule has 1 atom stereocenters. The van der Waals surface area contributed by atoms with E-state index in [1.807, 2.05) is 6.92 Å². The third-order valence-electron chi connectivity index (χ3n) is 3.38. The van der Waals surface area contributed by atoms with Gasteiger partial charge in [-0.1, -0.05) is 0 Å². The van der Waals surface area contributed by atoms with Gasteiger partial charge in [-0.05, 0) is 37.6 Å². The summed E-state index contributed by atoms with van der Waals surface area (Å²) in [6.45, 7) is 5.71. The Hall–Kier alpha value is -1.75. The molecule has 1 aromatic heterocycles. The van der Waals surface area contributed by atoms with E-state index in [1.54, 1.807) is 6.07 Å². The molecule has 1 aliphatic rings. The monoisotopic (exact) mass is 246 g/mol. The van der Waals surface area contributed by atoms with E-state index in [-0.39, 0.29) is 11.9 Å². The van der Waals surface area contributed by atoms with Crippen LogP contribution in [0.3, 0.4) is 0 Å². The summed E-state index contributed by atoms with van der Waals surface area (Å²) in [6.07, 6.45) is 0. The van der Waals surface area contributed by atoms with Gasteiger partial charge >= 0.3 is 0 Å². The van der Waals surface area contributed by atoms with E-state index in [1.165, 1.54) is 12.1 Å². The maximum atomic E-state index is 13.1. The second-order valence-electron chi connectivity index (χ2n) is 4.67. The van der Waals surface area contributed by atoms with Crippen molar-refractivity contribution >= 4 is 0 Å². The van der Waals surface area contributed by atoms with Crippen molar-refractivity contribution in [1.29, 1.82) is 0 Å². The first kappa shape index (κ1) is 11.3. The summed E-state index contributed by atoms with van der Waals surface area (Å²) in [6, 6.07) is 4.98. The number of nitrogens with one attached hydrogen (secondary N) is 1. The summed E-state index contributed by atoms with van der Waals surface area (Å²) in [5, 5.41) is 11.8. The molecule has 0 saturated carbocycles. The highest BCUT2D eigenvalue weighted by atomic mass is 19.1. The van der Waals surface area contributed by atoms with Crippen LogP contribution in [0.1, 0.15) is 24.4 Å². The number of rotatable bonds is 1. The van der Waals surface area contributed by atoms with Gasteiger partial charge in [0, 0.05) is 18.7 Å². The average Bonchev–Trinajstić information content (AvgIpc) is 2.74. The van der Waals surface area contributed by atoms with E-state index in [4.69, 9.17) is 0 Å². The fraction of sp³-hybridized carbons (Fsp3) is 0.385. The van der Waals surface area contributed by atoms with Crippen LogP contribution >= 0.6 is 0 Å². The molecular formula is C13H15FN4. The third-order valence-corrected chi connectivity index (χ3v) is 3.38. The van der Waals surface area contributed by atoms with Crippen LogP contribution in [0.4, 0.5) is 4.39 Å². The number of halogens is 1. The molecule has 0 saturated heterocycles. The number of benzene rings is 1. The fourth-order valence-electron chi connectivity index (χ4n) is 2.42. The lowest BCUT2D eigenvalue weighted by Crippen LogP contribution is -2.32. The van der Waals surface area contributed by atoms with Gasteiger partial charge in [-0.25, -0.2) is 4.39 Å². The molecule has 2 heterocycles. The van der Waals surface area contributed by atoms with Gasteiger partial charge in [0.2, 0.25) is 0 Å². The Morgan fingerprint density at radius 2 is 2.22 bits per heavy atom. The summed E-state index contributed by atoms with van der Waals surface area (Å²) in [4.78, 5) is 0. The second-order valence-corrected chi connectivity index (χ2v) is 4.67. The molecule has 1 unspecified atom stereocenters. The zero-order valence-corrected chi connectivity index (χ0v) is 10.4. The van der Waals surface area contributed by atoms with Crippen LogP contribution in [0.25, 0.3) is 11.4 Å². The summed E-state index contributed by atoms with van der Waals surface area (Å²) >= 11 is 0. The fourth-order valence-corrected chi connectivity index (χ4v) is 2.42. The minimum absolute atomic E-state index is 0.209. The lowest BCUT2D eigenvalue weighted by atomic mass is 10.1. The van der Waals surface area contributed by atoms with Gasteiger partial charge in [0.15, 0.2) is 5.82 Å². The summed E-state index contributed by atoms with van der Waals surface area (Å²) < 4.78 is 15.2. The quantitative estimate of drug-likeness (QED) is 0.837. The van der Waals surface area contributed by atoms with Crippen LogP contribution in [0.15, 0.2) is 18.2 Å². The van der Waals surface area contributed by atoms with Crippen LogP contribution in [0.5, 0.6) is 0 Å². The van der Waals surface area contributed by atoms with Crippen molar-refractivity contribution in [2.45, 2.75) is 26.4 Å².